The lowest BCUT2D eigenvalue weighted by Gasteiger charge is -2.21. The number of carbonyl (C=O) groups excluding carboxylic acids is 2. The molecule has 144 valence electrons. The topological polar surface area (TPSA) is 91.7 Å². The van der Waals surface area contributed by atoms with Crippen LogP contribution >= 0.6 is 11.6 Å². The summed E-state index contributed by atoms with van der Waals surface area (Å²) in [6.45, 7) is 0.196. The van der Waals surface area contributed by atoms with Gasteiger partial charge in [0.05, 0.1) is 42.5 Å². The van der Waals surface area contributed by atoms with Crippen LogP contribution in [-0.4, -0.2) is 32.6 Å². The Bertz CT molecular complexity index is 970. The molecule has 2 aromatic carbocycles. The fourth-order valence-corrected chi connectivity index (χ4v) is 3.32. The highest BCUT2D eigenvalue weighted by Crippen LogP contribution is 2.40. The molecule has 1 N–H and O–H groups in total. The van der Waals surface area contributed by atoms with Gasteiger partial charge in [-0.15, -0.1) is 0 Å². The summed E-state index contributed by atoms with van der Waals surface area (Å²) in [5.41, 5.74) is 1.44. The number of amides is 2. The molecule has 1 heterocycles. The highest BCUT2D eigenvalue weighted by atomic mass is 35.5. The van der Waals surface area contributed by atoms with Crippen LogP contribution in [0.4, 0.5) is 11.4 Å². The van der Waals surface area contributed by atoms with E-state index in [0.717, 1.165) is 0 Å². The van der Waals surface area contributed by atoms with Gasteiger partial charge in [-0.25, -0.2) is 0 Å². The van der Waals surface area contributed by atoms with Crippen molar-refractivity contribution in [2.45, 2.75) is 6.42 Å². The zero-order valence-electron chi connectivity index (χ0n) is 15.4. The Morgan fingerprint density at radius 3 is 2.68 bits per heavy atom. The van der Waals surface area contributed by atoms with Gasteiger partial charge in [-0.05, 0) is 24.3 Å². The Hall–Kier alpha value is -3.24. The molecule has 0 aromatic heterocycles. The SMILES string of the molecule is COc1cc(OC)c(N2C[C@@H](C(=O)Nc3cccc(C#N)c3)CC2=O)cc1Cl. The van der Waals surface area contributed by atoms with Gasteiger partial charge in [0.1, 0.15) is 11.5 Å². The normalized spacial score (nSPS) is 15.9. The highest BCUT2D eigenvalue weighted by Gasteiger charge is 2.36. The molecule has 0 bridgehead atoms. The van der Waals surface area contributed by atoms with E-state index in [2.05, 4.69) is 5.32 Å². The number of halogens is 1. The maximum atomic E-state index is 12.6. The number of benzene rings is 2. The van der Waals surface area contributed by atoms with Crippen LogP contribution in [0.1, 0.15) is 12.0 Å². The van der Waals surface area contributed by atoms with Gasteiger partial charge in [0.15, 0.2) is 0 Å². The second-order valence-corrected chi connectivity index (χ2v) is 6.65. The molecule has 0 spiro atoms. The standard InChI is InChI=1S/C20H18ClN3O4/c1-27-17-9-18(28-2)16(8-15(17)21)24-11-13(7-19(24)25)20(26)23-14-5-3-4-12(6-14)10-22/h3-6,8-9,13H,7,11H2,1-2H3,(H,23,26)/t13-/m0/s1. The second kappa shape index (κ2) is 8.19. The summed E-state index contributed by atoms with van der Waals surface area (Å²) >= 11 is 6.20. The van der Waals surface area contributed by atoms with E-state index in [0.29, 0.717) is 33.5 Å². The summed E-state index contributed by atoms with van der Waals surface area (Å²) in [6.07, 6.45) is 0.0660. The predicted octanol–water partition coefficient (Wildman–Crippen LogP) is 3.22. The minimum absolute atomic E-state index is 0.0660. The van der Waals surface area contributed by atoms with Gasteiger partial charge in [-0.3, -0.25) is 9.59 Å². The van der Waals surface area contributed by atoms with Gasteiger partial charge in [0.25, 0.3) is 0 Å². The zero-order chi connectivity index (χ0) is 20.3. The minimum Gasteiger partial charge on any atom is -0.495 e. The molecule has 2 amide bonds. The number of anilines is 2. The van der Waals surface area contributed by atoms with Crippen molar-refractivity contribution in [2.24, 2.45) is 5.92 Å². The molecular formula is C20H18ClN3O4. The Kier molecular flexibility index (Phi) is 5.71. The fourth-order valence-electron chi connectivity index (χ4n) is 3.08. The van der Waals surface area contributed by atoms with Crippen molar-refractivity contribution < 1.29 is 19.1 Å². The third-order valence-corrected chi connectivity index (χ3v) is 4.79. The lowest BCUT2D eigenvalue weighted by atomic mass is 10.1. The zero-order valence-corrected chi connectivity index (χ0v) is 16.1. The quantitative estimate of drug-likeness (QED) is 0.833. The maximum absolute atomic E-state index is 12.6. The smallest absolute Gasteiger partial charge is 0.229 e. The van der Waals surface area contributed by atoms with Crippen molar-refractivity contribution in [2.75, 3.05) is 31.0 Å². The van der Waals surface area contributed by atoms with Gasteiger partial charge in [-0.2, -0.15) is 5.26 Å². The molecule has 0 aliphatic carbocycles. The van der Waals surface area contributed by atoms with Crippen molar-refractivity contribution in [1.29, 1.82) is 5.26 Å². The first-order chi connectivity index (χ1) is 13.5. The van der Waals surface area contributed by atoms with Gasteiger partial charge < -0.3 is 19.7 Å². The van der Waals surface area contributed by atoms with Crippen molar-refractivity contribution in [1.82, 2.24) is 0 Å². The van der Waals surface area contributed by atoms with E-state index in [1.54, 1.807) is 36.4 Å². The molecule has 2 aromatic rings. The van der Waals surface area contributed by atoms with E-state index >= 15 is 0 Å². The number of ether oxygens (including phenoxy) is 2. The summed E-state index contributed by atoms with van der Waals surface area (Å²) in [5.74, 6) is -0.170. The van der Waals surface area contributed by atoms with Crippen molar-refractivity contribution >= 4 is 34.8 Å². The predicted molar refractivity (Wildman–Crippen MR) is 105 cm³/mol. The Balaban J connectivity index is 1.79. The Morgan fingerprint density at radius 1 is 1.25 bits per heavy atom. The number of nitrogens with one attached hydrogen (secondary N) is 1. The fraction of sp³-hybridized carbons (Fsp3) is 0.250. The van der Waals surface area contributed by atoms with Crippen molar-refractivity contribution in [3.8, 4) is 17.6 Å². The summed E-state index contributed by atoms with van der Waals surface area (Å²) < 4.78 is 10.5. The van der Waals surface area contributed by atoms with E-state index in [1.807, 2.05) is 6.07 Å². The van der Waals surface area contributed by atoms with Crippen LogP contribution in [0.2, 0.25) is 5.02 Å². The Labute approximate surface area is 167 Å². The average Bonchev–Trinajstić information content (AvgIpc) is 3.09. The van der Waals surface area contributed by atoms with E-state index in [4.69, 9.17) is 26.3 Å². The minimum atomic E-state index is -0.538. The highest BCUT2D eigenvalue weighted by molar-refractivity contribution is 6.32. The number of rotatable bonds is 5. The molecular weight excluding hydrogens is 382 g/mol. The Morgan fingerprint density at radius 2 is 2.00 bits per heavy atom. The number of methoxy groups -OCH3 is 2. The molecule has 0 saturated carbocycles. The average molecular weight is 400 g/mol. The lowest BCUT2D eigenvalue weighted by Crippen LogP contribution is -2.28. The first-order valence-electron chi connectivity index (χ1n) is 8.49. The van der Waals surface area contributed by atoms with Crippen LogP contribution in [0.25, 0.3) is 0 Å². The van der Waals surface area contributed by atoms with E-state index in [9.17, 15) is 9.59 Å². The molecule has 1 saturated heterocycles. The van der Waals surface area contributed by atoms with Crippen molar-refractivity contribution in [3.63, 3.8) is 0 Å². The van der Waals surface area contributed by atoms with Crippen LogP contribution in [0.5, 0.6) is 11.5 Å². The lowest BCUT2D eigenvalue weighted by molar-refractivity contribution is -0.122. The third kappa shape index (κ3) is 3.87. The molecule has 0 radical (unpaired) electrons. The number of hydrogen-bond donors (Lipinski definition) is 1. The molecule has 3 rings (SSSR count). The van der Waals surface area contributed by atoms with Gasteiger partial charge in [-0.1, -0.05) is 17.7 Å². The van der Waals surface area contributed by atoms with Gasteiger partial charge >= 0.3 is 0 Å². The molecule has 7 nitrogen and oxygen atoms in total. The first kappa shape index (κ1) is 19.5. The molecule has 1 fully saturated rings. The number of nitrogens with zero attached hydrogens (tertiary/aromatic N) is 2. The molecule has 1 atom stereocenters. The van der Waals surface area contributed by atoms with E-state index < -0.39 is 5.92 Å². The monoisotopic (exact) mass is 399 g/mol. The van der Waals surface area contributed by atoms with Gasteiger partial charge in [0, 0.05) is 24.7 Å². The van der Waals surface area contributed by atoms with Crippen LogP contribution in [-0.2, 0) is 9.59 Å². The summed E-state index contributed by atoms with van der Waals surface area (Å²) in [7, 11) is 2.97. The number of carbonyl (C=O) groups is 2. The summed E-state index contributed by atoms with van der Waals surface area (Å²) in [5, 5.41) is 12.1. The molecule has 1 aliphatic heterocycles. The maximum Gasteiger partial charge on any atom is 0.229 e. The molecule has 28 heavy (non-hydrogen) atoms. The van der Waals surface area contributed by atoms with Crippen LogP contribution < -0.4 is 19.7 Å². The summed E-state index contributed by atoms with van der Waals surface area (Å²) in [4.78, 5) is 26.6. The van der Waals surface area contributed by atoms with Crippen LogP contribution in [0.15, 0.2) is 36.4 Å². The van der Waals surface area contributed by atoms with Gasteiger partial charge in [0.2, 0.25) is 11.8 Å². The largest absolute Gasteiger partial charge is 0.495 e. The van der Waals surface area contributed by atoms with E-state index in [-0.39, 0.29) is 24.8 Å². The second-order valence-electron chi connectivity index (χ2n) is 6.25. The summed E-state index contributed by atoms with van der Waals surface area (Å²) in [6, 6.07) is 11.8. The molecule has 8 heteroatoms. The van der Waals surface area contributed by atoms with E-state index in [1.165, 1.54) is 19.1 Å². The molecule has 1 aliphatic rings. The van der Waals surface area contributed by atoms with Crippen LogP contribution in [0, 0.1) is 17.2 Å². The number of nitriles is 1. The third-order valence-electron chi connectivity index (χ3n) is 4.50. The van der Waals surface area contributed by atoms with Crippen molar-refractivity contribution in [3.05, 3.63) is 47.0 Å². The number of hydrogen-bond acceptors (Lipinski definition) is 5. The first-order valence-corrected chi connectivity index (χ1v) is 8.87. The molecule has 0 unspecified atom stereocenters. The van der Waals surface area contributed by atoms with Crippen LogP contribution in [0.3, 0.4) is 0 Å².